The molecule has 106 valence electrons. The quantitative estimate of drug-likeness (QED) is 0.919. The Morgan fingerprint density at radius 3 is 2.75 bits per heavy atom. The maximum Gasteiger partial charge on any atom is 0.133 e. The van der Waals surface area contributed by atoms with Crippen LogP contribution in [0.25, 0.3) is 0 Å². The van der Waals surface area contributed by atoms with E-state index in [2.05, 4.69) is 42.1 Å². The predicted octanol–water partition coefficient (Wildman–Crippen LogP) is 4.21. The van der Waals surface area contributed by atoms with Crippen molar-refractivity contribution in [2.45, 2.75) is 52.5 Å². The molecule has 0 radical (unpaired) electrons. The zero-order valence-electron chi connectivity index (χ0n) is 12.4. The summed E-state index contributed by atoms with van der Waals surface area (Å²) in [6.45, 7) is 6.58. The van der Waals surface area contributed by atoms with Crippen molar-refractivity contribution in [3.05, 3.63) is 39.0 Å². The number of fused-ring (bicyclic) bond motifs is 1. The third kappa shape index (κ3) is 2.57. The predicted molar refractivity (Wildman–Crippen MR) is 84.5 cm³/mol. The summed E-state index contributed by atoms with van der Waals surface area (Å²) < 4.78 is 0. The molecule has 20 heavy (non-hydrogen) atoms. The Hall–Kier alpha value is -1.42. The highest BCUT2D eigenvalue weighted by Gasteiger charge is 2.18. The maximum atomic E-state index is 4.48. The fourth-order valence-electron chi connectivity index (χ4n) is 3.01. The van der Waals surface area contributed by atoms with Crippen molar-refractivity contribution in [1.82, 2.24) is 9.97 Å². The van der Waals surface area contributed by atoms with E-state index in [1.165, 1.54) is 39.4 Å². The van der Waals surface area contributed by atoms with E-state index < -0.39 is 0 Å². The van der Waals surface area contributed by atoms with Crippen molar-refractivity contribution in [2.24, 2.45) is 0 Å². The van der Waals surface area contributed by atoms with Crippen LogP contribution in [0.15, 0.2) is 12.4 Å². The lowest BCUT2D eigenvalue weighted by Gasteiger charge is -2.21. The minimum absolute atomic E-state index is 0.292. The molecule has 3 rings (SSSR count). The SMILES string of the molecule is Cc1cc(C(C)Nc2ncnc3c2CCCC3)c(C)s1. The highest BCUT2D eigenvalue weighted by Crippen LogP contribution is 2.31. The smallest absolute Gasteiger partial charge is 0.133 e. The Labute approximate surface area is 124 Å². The van der Waals surface area contributed by atoms with Crippen LogP contribution >= 0.6 is 11.3 Å². The molecule has 3 nitrogen and oxygen atoms in total. The number of rotatable bonds is 3. The third-order valence-electron chi connectivity index (χ3n) is 4.02. The van der Waals surface area contributed by atoms with E-state index in [0.717, 1.165) is 18.7 Å². The fourth-order valence-corrected chi connectivity index (χ4v) is 4.03. The Bertz CT molecular complexity index is 618. The molecule has 4 heteroatoms. The molecule has 0 saturated carbocycles. The molecule has 0 spiro atoms. The largest absolute Gasteiger partial charge is 0.363 e. The number of nitrogens with zero attached hydrogens (tertiary/aromatic N) is 2. The van der Waals surface area contributed by atoms with Crippen molar-refractivity contribution >= 4 is 17.2 Å². The Balaban J connectivity index is 1.86. The average molecular weight is 287 g/mol. The van der Waals surface area contributed by atoms with Gasteiger partial charge in [-0.2, -0.15) is 0 Å². The zero-order valence-corrected chi connectivity index (χ0v) is 13.2. The first-order valence-corrected chi connectivity index (χ1v) is 8.13. The summed E-state index contributed by atoms with van der Waals surface area (Å²) in [5, 5.41) is 3.60. The molecule has 0 aliphatic heterocycles. The van der Waals surface area contributed by atoms with Gasteiger partial charge in [-0.15, -0.1) is 11.3 Å². The van der Waals surface area contributed by atoms with Crippen molar-refractivity contribution in [3.63, 3.8) is 0 Å². The van der Waals surface area contributed by atoms with Gasteiger partial charge in [-0.1, -0.05) is 0 Å². The summed E-state index contributed by atoms with van der Waals surface area (Å²) >= 11 is 1.86. The van der Waals surface area contributed by atoms with Crippen LogP contribution in [0.4, 0.5) is 5.82 Å². The van der Waals surface area contributed by atoms with Gasteiger partial charge in [0.05, 0.1) is 6.04 Å². The fraction of sp³-hybridized carbons (Fsp3) is 0.500. The van der Waals surface area contributed by atoms with E-state index in [4.69, 9.17) is 0 Å². The standard InChI is InChI=1S/C16H21N3S/c1-10-8-14(12(3)20-10)11(2)19-16-13-6-4-5-7-15(13)17-9-18-16/h8-9,11H,4-7H2,1-3H3,(H,17,18,19). The van der Waals surface area contributed by atoms with Crippen LogP contribution < -0.4 is 5.32 Å². The van der Waals surface area contributed by atoms with Crippen LogP contribution in [0.5, 0.6) is 0 Å². The molecular weight excluding hydrogens is 266 g/mol. The summed E-state index contributed by atoms with van der Waals surface area (Å²) in [4.78, 5) is 11.7. The number of anilines is 1. The first-order valence-electron chi connectivity index (χ1n) is 7.31. The van der Waals surface area contributed by atoms with E-state index in [1.807, 2.05) is 11.3 Å². The van der Waals surface area contributed by atoms with Gasteiger partial charge < -0.3 is 5.32 Å². The monoisotopic (exact) mass is 287 g/mol. The summed E-state index contributed by atoms with van der Waals surface area (Å²) in [7, 11) is 0. The minimum atomic E-state index is 0.292. The van der Waals surface area contributed by atoms with Gasteiger partial charge in [-0.25, -0.2) is 9.97 Å². The Morgan fingerprint density at radius 2 is 2.00 bits per heavy atom. The van der Waals surface area contributed by atoms with Crippen LogP contribution in [0.2, 0.25) is 0 Å². The van der Waals surface area contributed by atoms with Crippen LogP contribution in [0.1, 0.15) is 52.4 Å². The van der Waals surface area contributed by atoms with Gasteiger partial charge in [-0.3, -0.25) is 0 Å². The molecule has 0 aromatic carbocycles. The van der Waals surface area contributed by atoms with E-state index in [0.29, 0.717) is 6.04 Å². The summed E-state index contributed by atoms with van der Waals surface area (Å²) in [6, 6.07) is 2.58. The third-order valence-corrected chi connectivity index (χ3v) is 5.01. The number of aromatic nitrogens is 2. The van der Waals surface area contributed by atoms with Gasteiger partial charge in [0.2, 0.25) is 0 Å². The first-order chi connectivity index (χ1) is 9.65. The second-order valence-corrected chi connectivity index (χ2v) is 7.05. The number of nitrogens with one attached hydrogen (secondary N) is 1. The minimum Gasteiger partial charge on any atom is -0.363 e. The van der Waals surface area contributed by atoms with Gasteiger partial charge >= 0.3 is 0 Å². The lowest BCUT2D eigenvalue weighted by atomic mass is 9.96. The van der Waals surface area contributed by atoms with Crippen molar-refractivity contribution < 1.29 is 0 Å². The zero-order chi connectivity index (χ0) is 14.1. The molecule has 0 amide bonds. The van der Waals surface area contributed by atoms with E-state index in [9.17, 15) is 0 Å². The molecule has 1 N–H and O–H groups in total. The Morgan fingerprint density at radius 1 is 1.20 bits per heavy atom. The highest BCUT2D eigenvalue weighted by atomic mass is 32.1. The molecule has 0 bridgehead atoms. The van der Waals surface area contributed by atoms with Crippen LogP contribution in [0.3, 0.4) is 0 Å². The van der Waals surface area contributed by atoms with Crippen molar-refractivity contribution in [3.8, 4) is 0 Å². The molecule has 1 aliphatic rings. The van der Waals surface area contributed by atoms with Gasteiger partial charge in [0, 0.05) is 21.0 Å². The summed E-state index contributed by atoms with van der Waals surface area (Å²) in [5.74, 6) is 1.03. The molecular formula is C16H21N3S. The summed E-state index contributed by atoms with van der Waals surface area (Å²) in [6.07, 6.45) is 6.40. The van der Waals surface area contributed by atoms with E-state index in [-0.39, 0.29) is 0 Å². The van der Waals surface area contributed by atoms with Gasteiger partial charge in [-0.05, 0) is 58.1 Å². The second-order valence-electron chi connectivity index (χ2n) is 5.59. The van der Waals surface area contributed by atoms with Crippen LogP contribution in [0, 0.1) is 13.8 Å². The number of aryl methyl sites for hydroxylation is 3. The molecule has 0 fully saturated rings. The second kappa shape index (κ2) is 5.52. The number of thiophene rings is 1. The van der Waals surface area contributed by atoms with Crippen LogP contribution in [-0.4, -0.2) is 9.97 Å². The molecule has 0 saturated heterocycles. The molecule has 2 heterocycles. The molecule has 2 aromatic heterocycles. The number of hydrogen-bond donors (Lipinski definition) is 1. The topological polar surface area (TPSA) is 37.8 Å². The van der Waals surface area contributed by atoms with Gasteiger partial charge in [0.15, 0.2) is 0 Å². The first kappa shape index (κ1) is 13.6. The van der Waals surface area contributed by atoms with Gasteiger partial charge in [0.1, 0.15) is 12.1 Å². The molecule has 2 aromatic rings. The highest BCUT2D eigenvalue weighted by molar-refractivity contribution is 7.12. The average Bonchev–Trinajstić information content (AvgIpc) is 2.78. The van der Waals surface area contributed by atoms with E-state index >= 15 is 0 Å². The normalized spacial score (nSPS) is 15.8. The molecule has 1 unspecified atom stereocenters. The molecule has 1 aliphatic carbocycles. The summed E-state index contributed by atoms with van der Waals surface area (Å²) in [5.41, 5.74) is 3.95. The molecule has 1 atom stereocenters. The maximum absolute atomic E-state index is 4.48. The lowest BCUT2D eigenvalue weighted by molar-refractivity contribution is 0.661. The van der Waals surface area contributed by atoms with Crippen LogP contribution in [-0.2, 0) is 12.8 Å². The van der Waals surface area contributed by atoms with E-state index in [1.54, 1.807) is 6.33 Å². The number of hydrogen-bond acceptors (Lipinski definition) is 4. The van der Waals surface area contributed by atoms with Crippen molar-refractivity contribution in [1.29, 1.82) is 0 Å². The van der Waals surface area contributed by atoms with Gasteiger partial charge in [0.25, 0.3) is 0 Å². The van der Waals surface area contributed by atoms with Crippen molar-refractivity contribution in [2.75, 3.05) is 5.32 Å². The lowest BCUT2D eigenvalue weighted by Crippen LogP contribution is -2.14. The Kier molecular flexibility index (Phi) is 3.74.